The molecule has 0 bridgehead atoms. The maximum absolute atomic E-state index is 12.1. The zero-order chi connectivity index (χ0) is 41.1. The Morgan fingerprint density at radius 2 is 0.945 bits per heavy atom. The smallest absolute Gasteiger partial charge is 0.307 e. The topological polar surface area (TPSA) is 264 Å². The van der Waals surface area contributed by atoms with Crippen molar-refractivity contribution in [2.24, 2.45) is 5.73 Å². The molecule has 0 radical (unpaired) electrons. The van der Waals surface area contributed by atoms with Gasteiger partial charge in [0.1, 0.15) is 49.8 Å². The lowest BCUT2D eigenvalue weighted by Gasteiger charge is -2.25. The summed E-state index contributed by atoms with van der Waals surface area (Å²) in [7, 11) is 0. The Balaban J connectivity index is 4.18. The van der Waals surface area contributed by atoms with E-state index in [4.69, 9.17) is 19.9 Å². The summed E-state index contributed by atoms with van der Waals surface area (Å²) in [5.41, 5.74) is 5.71. The van der Waals surface area contributed by atoms with Crippen molar-refractivity contribution in [3.63, 3.8) is 0 Å². The van der Waals surface area contributed by atoms with Gasteiger partial charge in [0, 0.05) is 72.1 Å². The van der Waals surface area contributed by atoms with Crippen LogP contribution in [0.25, 0.3) is 0 Å². The summed E-state index contributed by atoms with van der Waals surface area (Å²) in [6, 6.07) is 0. The average molecular weight is 798 g/mol. The van der Waals surface area contributed by atoms with Crippen molar-refractivity contribution in [1.82, 2.24) is 31.1 Å². The summed E-state index contributed by atoms with van der Waals surface area (Å²) in [6.45, 7) is 14.9. The number of carbonyl (C=O) groups excluding carboxylic acids is 2. The third-order valence-electron chi connectivity index (χ3n) is 8.83. The van der Waals surface area contributed by atoms with Crippen LogP contribution in [0, 0.1) is 0 Å². The Morgan fingerprint density at radius 1 is 0.527 bits per heavy atom. The van der Waals surface area contributed by atoms with E-state index in [1.54, 1.807) is 0 Å². The van der Waals surface area contributed by atoms with Crippen LogP contribution in [0.2, 0.25) is 0 Å². The molecule has 0 saturated heterocycles. The van der Waals surface area contributed by atoms with Crippen molar-refractivity contribution in [2.75, 3.05) is 118 Å². The molecule has 0 aliphatic heterocycles. The van der Waals surface area contributed by atoms with E-state index in [-0.39, 0.29) is 12.8 Å². The van der Waals surface area contributed by atoms with Gasteiger partial charge >= 0.3 is 11.9 Å². The van der Waals surface area contributed by atoms with Crippen molar-refractivity contribution in [1.29, 1.82) is 0 Å². The van der Waals surface area contributed by atoms with E-state index in [9.17, 15) is 40.2 Å². The van der Waals surface area contributed by atoms with Gasteiger partial charge in [-0.1, -0.05) is 40.0 Å². The minimum absolute atomic E-state index is 0.0439. The number of aliphatic hydroxyl groups excluding tert-OH is 6. The lowest BCUT2D eigenvalue weighted by Crippen LogP contribution is -2.45. The van der Waals surface area contributed by atoms with Crippen molar-refractivity contribution < 1.29 is 54.4 Å². The SMILES string of the molecule is CCCCNCCN(CCN)CCNCCC(=O)OCC(O)C(O)C(O)COCC(O)C(O)C(O)COC(=O)CCNCCN(CCCC)CNCCCC. The first-order valence-electron chi connectivity index (χ1n) is 20.4. The van der Waals surface area contributed by atoms with Gasteiger partial charge in [-0.25, -0.2) is 0 Å². The van der Waals surface area contributed by atoms with Gasteiger partial charge in [0.15, 0.2) is 0 Å². The number of aliphatic hydroxyl groups is 6. The molecule has 0 aromatic carbocycles. The van der Waals surface area contributed by atoms with Gasteiger partial charge in [0.2, 0.25) is 0 Å². The molecule has 12 N–H and O–H groups in total. The Labute approximate surface area is 329 Å². The zero-order valence-electron chi connectivity index (χ0n) is 34.0. The molecule has 6 atom stereocenters. The molecule has 55 heavy (non-hydrogen) atoms. The van der Waals surface area contributed by atoms with E-state index in [0.717, 1.165) is 97.6 Å². The highest BCUT2D eigenvalue weighted by atomic mass is 16.6. The van der Waals surface area contributed by atoms with Gasteiger partial charge in [-0.15, -0.1) is 0 Å². The van der Waals surface area contributed by atoms with Gasteiger partial charge in [0.05, 0.1) is 26.1 Å². The summed E-state index contributed by atoms with van der Waals surface area (Å²) < 4.78 is 15.2. The third-order valence-corrected chi connectivity index (χ3v) is 8.83. The summed E-state index contributed by atoms with van der Waals surface area (Å²) in [6.07, 6.45) is -2.98. The van der Waals surface area contributed by atoms with E-state index in [2.05, 4.69) is 51.8 Å². The van der Waals surface area contributed by atoms with Crippen molar-refractivity contribution in [2.45, 2.75) is 109 Å². The fourth-order valence-electron chi connectivity index (χ4n) is 5.20. The lowest BCUT2D eigenvalue weighted by molar-refractivity contribution is -0.156. The Kier molecular flexibility index (Phi) is 35.6. The molecule has 18 heteroatoms. The minimum Gasteiger partial charge on any atom is -0.463 e. The quantitative estimate of drug-likeness (QED) is 0.0171. The molecule has 0 aliphatic rings. The molecule has 328 valence electrons. The molecule has 0 aliphatic carbocycles. The molecule has 6 unspecified atom stereocenters. The predicted octanol–water partition coefficient (Wildman–Crippen LogP) is -2.69. The maximum Gasteiger partial charge on any atom is 0.307 e. The summed E-state index contributed by atoms with van der Waals surface area (Å²) in [4.78, 5) is 28.8. The number of carbonyl (C=O) groups is 2. The Bertz CT molecular complexity index is 902. The number of nitrogens with one attached hydrogen (secondary N) is 4. The van der Waals surface area contributed by atoms with Gasteiger partial charge in [-0.3, -0.25) is 19.4 Å². The van der Waals surface area contributed by atoms with E-state index in [1.165, 1.54) is 0 Å². The number of nitrogens with two attached hydrogens (primary N) is 1. The second kappa shape index (κ2) is 36.7. The van der Waals surface area contributed by atoms with Crippen LogP contribution >= 0.6 is 0 Å². The van der Waals surface area contributed by atoms with Crippen LogP contribution in [0.1, 0.15) is 72.1 Å². The van der Waals surface area contributed by atoms with Gasteiger partial charge in [-0.2, -0.15) is 0 Å². The third kappa shape index (κ3) is 30.2. The van der Waals surface area contributed by atoms with Crippen LogP contribution in [0.4, 0.5) is 0 Å². The molecule has 18 nitrogen and oxygen atoms in total. The lowest BCUT2D eigenvalue weighted by atomic mass is 10.1. The minimum atomic E-state index is -1.73. The monoisotopic (exact) mass is 798 g/mol. The second-order valence-electron chi connectivity index (χ2n) is 13.9. The first-order valence-corrected chi connectivity index (χ1v) is 20.4. The number of hydrogen-bond donors (Lipinski definition) is 11. The molecule has 0 amide bonds. The van der Waals surface area contributed by atoms with Crippen molar-refractivity contribution in [3.05, 3.63) is 0 Å². The number of nitrogens with zero attached hydrogens (tertiary/aromatic N) is 2. The highest BCUT2D eigenvalue weighted by Gasteiger charge is 2.29. The van der Waals surface area contributed by atoms with Crippen molar-refractivity contribution in [3.8, 4) is 0 Å². The highest BCUT2D eigenvalue weighted by Crippen LogP contribution is 2.06. The van der Waals surface area contributed by atoms with Gasteiger partial charge < -0.3 is 71.9 Å². The number of rotatable bonds is 40. The Hall–Kier alpha value is -1.62. The van der Waals surface area contributed by atoms with Crippen molar-refractivity contribution >= 4 is 11.9 Å². The van der Waals surface area contributed by atoms with E-state index >= 15 is 0 Å². The summed E-state index contributed by atoms with van der Waals surface area (Å²) in [5, 5.41) is 74.4. The highest BCUT2D eigenvalue weighted by molar-refractivity contribution is 5.69. The van der Waals surface area contributed by atoms with Gasteiger partial charge in [-0.05, 0) is 38.9 Å². The van der Waals surface area contributed by atoms with E-state index < -0.39 is 75.0 Å². The molecular formula is C37H79N7O11. The first kappa shape index (κ1) is 53.4. The number of hydrogen-bond acceptors (Lipinski definition) is 18. The van der Waals surface area contributed by atoms with E-state index in [1.807, 2.05) is 0 Å². The zero-order valence-corrected chi connectivity index (χ0v) is 34.0. The Morgan fingerprint density at radius 3 is 1.40 bits per heavy atom. The van der Waals surface area contributed by atoms with Crippen LogP contribution < -0.4 is 27.0 Å². The van der Waals surface area contributed by atoms with Crippen LogP contribution in [-0.4, -0.2) is 207 Å². The number of esters is 2. The maximum atomic E-state index is 12.1. The summed E-state index contributed by atoms with van der Waals surface area (Å²) in [5.74, 6) is -1.17. The van der Waals surface area contributed by atoms with Gasteiger partial charge in [0.25, 0.3) is 0 Å². The van der Waals surface area contributed by atoms with Crippen LogP contribution in [0.15, 0.2) is 0 Å². The average Bonchev–Trinajstić information content (AvgIpc) is 3.17. The number of unbranched alkanes of at least 4 members (excludes halogenated alkanes) is 3. The fourth-order valence-corrected chi connectivity index (χ4v) is 5.20. The van der Waals surface area contributed by atoms with Crippen LogP contribution in [0.3, 0.4) is 0 Å². The summed E-state index contributed by atoms with van der Waals surface area (Å²) >= 11 is 0. The normalized spacial score (nSPS) is 15.2. The standard InChI is InChI=1S/C37H79N7O11/c1-4-7-13-39-17-22-43(21-12-38)23-18-40-15-10-34(49)54-27-32(47)36(51)30(45)25-53-26-31(46)37(52)33(48)28-55-35(50)11-16-41-19-24-44(20-9-6-3)29-42-14-8-5-2/h30-33,36-37,39-42,45-48,51-52H,4-29,38H2,1-3H3. The molecule has 0 rings (SSSR count). The first-order chi connectivity index (χ1) is 26.5. The molecule has 0 aromatic heterocycles. The molecule has 0 fully saturated rings. The fraction of sp³-hybridized carbons (Fsp3) is 0.946. The largest absolute Gasteiger partial charge is 0.463 e. The van der Waals surface area contributed by atoms with Crippen LogP contribution in [0.5, 0.6) is 0 Å². The molecule has 0 spiro atoms. The number of ether oxygens (including phenoxy) is 3. The molecule has 0 aromatic rings. The molecule has 0 saturated carbocycles. The molecule has 0 heterocycles. The molecular weight excluding hydrogens is 718 g/mol. The van der Waals surface area contributed by atoms with Crippen LogP contribution in [-0.2, 0) is 23.8 Å². The predicted molar refractivity (Wildman–Crippen MR) is 211 cm³/mol. The van der Waals surface area contributed by atoms with E-state index in [0.29, 0.717) is 32.7 Å². The second-order valence-corrected chi connectivity index (χ2v) is 13.9.